The minimum Gasteiger partial charge on any atom is -0.359 e. The Balaban J connectivity index is 2.54. The van der Waals surface area contributed by atoms with E-state index in [9.17, 15) is 4.79 Å². The van der Waals surface area contributed by atoms with E-state index >= 15 is 0 Å². The molecule has 0 spiro atoms. The Morgan fingerprint density at radius 2 is 2.06 bits per heavy atom. The predicted octanol–water partition coefficient (Wildman–Crippen LogP) is 1.49. The summed E-state index contributed by atoms with van der Waals surface area (Å²) in [5.74, 6) is 6.05. The van der Waals surface area contributed by atoms with E-state index in [-0.39, 0.29) is 0 Å². The predicted molar refractivity (Wildman–Crippen MR) is 59.4 cm³/mol. The summed E-state index contributed by atoms with van der Waals surface area (Å²) in [6, 6.07) is 9.41. The summed E-state index contributed by atoms with van der Waals surface area (Å²) in [7, 11) is 0. The Bertz CT molecular complexity index is 493. The van der Waals surface area contributed by atoms with Crippen molar-refractivity contribution >= 4 is 12.1 Å². The highest BCUT2D eigenvalue weighted by Gasteiger charge is 2.18. The smallest absolute Gasteiger partial charge is 0.228 e. The van der Waals surface area contributed by atoms with Crippen molar-refractivity contribution in [1.29, 1.82) is 0 Å². The molecule has 0 fully saturated rings. The molecule has 2 aromatic rings. The van der Waals surface area contributed by atoms with E-state index in [0.29, 0.717) is 23.6 Å². The van der Waals surface area contributed by atoms with Crippen molar-refractivity contribution < 1.29 is 9.32 Å². The van der Waals surface area contributed by atoms with E-state index in [4.69, 9.17) is 10.4 Å². The highest BCUT2D eigenvalue weighted by Crippen LogP contribution is 2.30. The molecule has 0 saturated heterocycles. The number of anilines is 1. The van der Waals surface area contributed by atoms with Crippen LogP contribution in [0.3, 0.4) is 0 Å². The SMILES string of the molecule is Cc1onc(-c2ccccc2)c1N(N)C=O. The molecule has 0 unspecified atom stereocenters. The van der Waals surface area contributed by atoms with Gasteiger partial charge in [-0.05, 0) is 6.92 Å². The van der Waals surface area contributed by atoms with Crippen LogP contribution in [0.15, 0.2) is 34.9 Å². The van der Waals surface area contributed by atoms with Crippen molar-refractivity contribution in [2.45, 2.75) is 6.92 Å². The van der Waals surface area contributed by atoms with Crippen LogP contribution >= 0.6 is 0 Å². The first-order chi connectivity index (χ1) is 7.74. The van der Waals surface area contributed by atoms with Gasteiger partial charge in [0.2, 0.25) is 6.41 Å². The fraction of sp³-hybridized carbons (Fsp3) is 0.0909. The number of hydrogen-bond acceptors (Lipinski definition) is 4. The third kappa shape index (κ3) is 1.68. The molecule has 5 nitrogen and oxygen atoms in total. The third-order valence-corrected chi connectivity index (χ3v) is 2.25. The normalized spacial score (nSPS) is 10.1. The highest BCUT2D eigenvalue weighted by molar-refractivity contribution is 5.84. The molecular formula is C11H11N3O2. The lowest BCUT2D eigenvalue weighted by Crippen LogP contribution is -2.29. The van der Waals surface area contributed by atoms with E-state index in [2.05, 4.69) is 5.16 Å². The molecule has 16 heavy (non-hydrogen) atoms. The van der Waals surface area contributed by atoms with Crippen LogP contribution < -0.4 is 10.9 Å². The third-order valence-electron chi connectivity index (χ3n) is 2.25. The van der Waals surface area contributed by atoms with Crippen molar-refractivity contribution in [1.82, 2.24) is 5.16 Å². The highest BCUT2D eigenvalue weighted by atomic mass is 16.5. The number of benzene rings is 1. The maximum absolute atomic E-state index is 10.7. The summed E-state index contributed by atoms with van der Waals surface area (Å²) in [6.45, 7) is 1.71. The first kappa shape index (κ1) is 10.4. The van der Waals surface area contributed by atoms with Crippen LogP contribution in [-0.2, 0) is 4.79 Å². The van der Waals surface area contributed by atoms with Gasteiger partial charge in [-0.1, -0.05) is 35.5 Å². The van der Waals surface area contributed by atoms with Gasteiger partial charge < -0.3 is 4.52 Å². The fourth-order valence-electron chi connectivity index (χ4n) is 1.51. The Hall–Kier alpha value is -2.14. The molecule has 0 aliphatic carbocycles. The van der Waals surface area contributed by atoms with E-state index in [1.807, 2.05) is 30.3 Å². The van der Waals surface area contributed by atoms with Gasteiger partial charge >= 0.3 is 0 Å². The van der Waals surface area contributed by atoms with Gasteiger partial charge in [-0.3, -0.25) is 4.79 Å². The zero-order valence-electron chi connectivity index (χ0n) is 8.75. The zero-order chi connectivity index (χ0) is 11.5. The molecule has 1 heterocycles. The van der Waals surface area contributed by atoms with Gasteiger partial charge in [0.1, 0.15) is 11.4 Å². The number of aromatic nitrogens is 1. The van der Waals surface area contributed by atoms with Crippen LogP contribution in [0.25, 0.3) is 11.3 Å². The number of rotatable bonds is 3. The van der Waals surface area contributed by atoms with Crippen molar-refractivity contribution in [2.24, 2.45) is 5.84 Å². The molecule has 2 N–H and O–H groups in total. The van der Waals surface area contributed by atoms with Gasteiger partial charge in [0, 0.05) is 5.56 Å². The molecule has 0 aliphatic rings. The minimum atomic E-state index is 0.487. The number of hydrazine groups is 1. The van der Waals surface area contributed by atoms with Crippen LogP contribution in [0.4, 0.5) is 5.69 Å². The molecule has 5 heteroatoms. The van der Waals surface area contributed by atoms with E-state index in [0.717, 1.165) is 10.6 Å². The average molecular weight is 217 g/mol. The number of nitrogens with two attached hydrogens (primary N) is 1. The summed E-state index contributed by atoms with van der Waals surface area (Å²) in [5, 5.41) is 4.87. The minimum absolute atomic E-state index is 0.487. The monoisotopic (exact) mass is 217 g/mol. The van der Waals surface area contributed by atoms with Crippen molar-refractivity contribution in [2.75, 3.05) is 5.01 Å². The molecule has 1 aromatic heterocycles. The van der Waals surface area contributed by atoms with Crippen LogP contribution in [-0.4, -0.2) is 11.6 Å². The van der Waals surface area contributed by atoms with Crippen LogP contribution in [0.1, 0.15) is 5.76 Å². The Morgan fingerprint density at radius 3 is 2.69 bits per heavy atom. The van der Waals surface area contributed by atoms with Crippen molar-refractivity contribution in [3.63, 3.8) is 0 Å². The molecule has 1 aromatic carbocycles. The summed E-state index contributed by atoms with van der Waals surface area (Å²) in [6.07, 6.45) is 0.520. The number of carbonyl (C=O) groups is 1. The molecule has 0 bridgehead atoms. The standard InChI is InChI=1S/C11H11N3O2/c1-8-11(14(12)7-15)10(13-16-8)9-5-3-2-4-6-9/h2-7H,12H2,1H3. The first-order valence-corrected chi connectivity index (χ1v) is 4.75. The first-order valence-electron chi connectivity index (χ1n) is 4.75. The molecule has 2 rings (SSSR count). The number of hydrogen-bond donors (Lipinski definition) is 1. The maximum atomic E-state index is 10.7. The summed E-state index contributed by atoms with van der Waals surface area (Å²) >= 11 is 0. The Labute approximate surface area is 92.4 Å². The largest absolute Gasteiger partial charge is 0.359 e. The number of amides is 1. The molecule has 0 saturated carbocycles. The van der Waals surface area contributed by atoms with Gasteiger partial charge in [-0.2, -0.15) is 0 Å². The fourth-order valence-corrected chi connectivity index (χ4v) is 1.51. The van der Waals surface area contributed by atoms with Gasteiger partial charge in [0.25, 0.3) is 0 Å². The summed E-state index contributed by atoms with van der Waals surface area (Å²) < 4.78 is 5.04. The van der Waals surface area contributed by atoms with Gasteiger partial charge in [0.15, 0.2) is 5.76 Å². The Kier molecular flexibility index (Phi) is 2.70. The average Bonchev–Trinajstić information content (AvgIpc) is 2.71. The van der Waals surface area contributed by atoms with Gasteiger partial charge in [-0.25, -0.2) is 10.9 Å². The molecular weight excluding hydrogens is 206 g/mol. The molecule has 0 radical (unpaired) electrons. The van der Waals surface area contributed by atoms with Crippen LogP contribution in [0.2, 0.25) is 0 Å². The topological polar surface area (TPSA) is 72.4 Å². The van der Waals surface area contributed by atoms with E-state index in [1.165, 1.54) is 0 Å². The van der Waals surface area contributed by atoms with E-state index < -0.39 is 0 Å². The molecule has 0 aliphatic heterocycles. The number of carbonyl (C=O) groups excluding carboxylic acids is 1. The van der Waals surface area contributed by atoms with Crippen LogP contribution in [0, 0.1) is 6.92 Å². The van der Waals surface area contributed by atoms with Crippen molar-refractivity contribution in [3.05, 3.63) is 36.1 Å². The number of aryl methyl sites for hydroxylation is 1. The lowest BCUT2D eigenvalue weighted by Gasteiger charge is -2.09. The van der Waals surface area contributed by atoms with Gasteiger partial charge in [0.05, 0.1) is 0 Å². The number of nitrogens with zero attached hydrogens (tertiary/aromatic N) is 2. The van der Waals surface area contributed by atoms with Crippen LogP contribution in [0.5, 0.6) is 0 Å². The molecule has 1 amide bonds. The van der Waals surface area contributed by atoms with Crippen molar-refractivity contribution in [3.8, 4) is 11.3 Å². The lowest BCUT2D eigenvalue weighted by molar-refractivity contribution is -0.107. The second kappa shape index (κ2) is 4.16. The zero-order valence-corrected chi connectivity index (χ0v) is 8.75. The summed E-state index contributed by atoms with van der Waals surface area (Å²) in [5.41, 5.74) is 1.90. The second-order valence-corrected chi connectivity index (χ2v) is 3.31. The molecule has 82 valence electrons. The summed E-state index contributed by atoms with van der Waals surface area (Å²) in [4.78, 5) is 10.7. The second-order valence-electron chi connectivity index (χ2n) is 3.31. The Morgan fingerprint density at radius 1 is 1.38 bits per heavy atom. The van der Waals surface area contributed by atoms with Gasteiger partial charge in [-0.15, -0.1) is 0 Å². The maximum Gasteiger partial charge on any atom is 0.228 e. The lowest BCUT2D eigenvalue weighted by atomic mass is 10.1. The quantitative estimate of drug-likeness (QED) is 0.366. The molecule has 0 atom stereocenters. The van der Waals surface area contributed by atoms with E-state index in [1.54, 1.807) is 6.92 Å².